The zero-order valence-corrected chi connectivity index (χ0v) is 21.7. The van der Waals surface area contributed by atoms with Gasteiger partial charge in [0, 0.05) is 24.1 Å². The predicted octanol–water partition coefficient (Wildman–Crippen LogP) is 2.05. The van der Waals surface area contributed by atoms with E-state index in [2.05, 4.69) is 15.8 Å². The van der Waals surface area contributed by atoms with Crippen molar-refractivity contribution in [2.24, 2.45) is 10.9 Å². The minimum atomic E-state index is -5.08. The Morgan fingerprint density at radius 2 is 1.63 bits per heavy atom. The second-order valence-corrected chi connectivity index (χ2v) is 8.69. The molecule has 1 unspecified atom stereocenters. The van der Waals surface area contributed by atoms with Crippen LogP contribution in [0.15, 0.2) is 53.7 Å². The zero-order chi connectivity index (χ0) is 30.7. The maximum absolute atomic E-state index is 12.4. The molecular weight excluding hydrogens is 551 g/mol. The zero-order valence-electron chi connectivity index (χ0n) is 21.7. The second-order valence-electron chi connectivity index (χ2n) is 8.69. The van der Waals surface area contributed by atoms with Crippen molar-refractivity contribution in [3.63, 3.8) is 0 Å². The molecule has 1 aliphatic rings. The number of carboxylic acids is 2. The first kappa shape index (κ1) is 32.3. The van der Waals surface area contributed by atoms with E-state index in [9.17, 15) is 32.7 Å². The van der Waals surface area contributed by atoms with Gasteiger partial charge in [0.1, 0.15) is 18.0 Å². The number of hydrogen-bond donors (Lipinski definition) is 6. The first-order valence-corrected chi connectivity index (χ1v) is 12.1. The summed E-state index contributed by atoms with van der Waals surface area (Å²) >= 11 is 0. The van der Waals surface area contributed by atoms with Crippen LogP contribution in [-0.4, -0.2) is 70.4 Å². The van der Waals surface area contributed by atoms with E-state index in [0.29, 0.717) is 23.3 Å². The molecule has 0 aliphatic carbocycles. The van der Waals surface area contributed by atoms with Gasteiger partial charge in [0.25, 0.3) is 5.91 Å². The van der Waals surface area contributed by atoms with Gasteiger partial charge in [-0.25, -0.2) is 9.59 Å². The monoisotopic (exact) mass is 579 g/mol. The van der Waals surface area contributed by atoms with Crippen LogP contribution in [0.2, 0.25) is 0 Å². The van der Waals surface area contributed by atoms with Gasteiger partial charge in [-0.3, -0.25) is 15.0 Å². The van der Waals surface area contributed by atoms with Gasteiger partial charge >= 0.3 is 18.1 Å². The number of carboxylic acid groups (broad SMARTS) is 2. The maximum Gasteiger partial charge on any atom is 0.490 e. The topological polar surface area (TPSA) is 204 Å². The van der Waals surface area contributed by atoms with Crippen LogP contribution >= 0.6 is 0 Å². The molecule has 3 rings (SSSR count). The standard InChI is InChI=1S/C24H27N5O5.C2HF3O2/c1-2-14-3-5-17(6-4-14)23(31)28-20(24(32)33)13-27-21(30)12-18-11-19(29-34-18)15-7-9-16(10-8-15)22(25)26;3-2(4,5)1(6)7/h3-10,18,20H,2,11-13H2,1H3,(H3,25,26)(H,27,30)(H,28,31)(H,32,33);(H,6,7)/t18?,20-;/m0./s1. The number of nitrogens with zero attached hydrogens (tertiary/aromatic N) is 1. The Balaban J connectivity index is 0.000000745. The maximum atomic E-state index is 12.4. The fraction of sp³-hybridized carbons (Fsp3) is 0.308. The molecule has 2 amide bonds. The van der Waals surface area contributed by atoms with Crippen molar-refractivity contribution in [1.29, 1.82) is 5.41 Å². The smallest absolute Gasteiger partial charge is 0.480 e. The number of aliphatic carboxylic acids is 2. The molecule has 2 aromatic rings. The van der Waals surface area contributed by atoms with Crippen LogP contribution in [0.3, 0.4) is 0 Å². The van der Waals surface area contributed by atoms with Gasteiger partial charge in [-0.15, -0.1) is 0 Å². The van der Waals surface area contributed by atoms with Crippen LogP contribution in [-0.2, 0) is 25.6 Å². The molecule has 220 valence electrons. The van der Waals surface area contributed by atoms with Crippen LogP contribution in [0.4, 0.5) is 13.2 Å². The summed E-state index contributed by atoms with van der Waals surface area (Å²) in [6.45, 7) is 1.73. The summed E-state index contributed by atoms with van der Waals surface area (Å²) in [6.07, 6.45) is -4.36. The third kappa shape index (κ3) is 10.3. The van der Waals surface area contributed by atoms with Crippen molar-refractivity contribution < 1.29 is 47.4 Å². The molecule has 15 heteroatoms. The lowest BCUT2D eigenvalue weighted by molar-refractivity contribution is -0.192. The molecule has 0 saturated carbocycles. The van der Waals surface area contributed by atoms with Crippen LogP contribution in [0.5, 0.6) is 0 Å². The quantitative estimate of drug-likeness (QED) is 0.181. The summed E-state index contributed by atoms with van der Waals surface area (Å²) in [7, 11) is 0. The number of nitrogens with one attached hydrogen (secondary N) is 3. The average Bonchev–Trinajstić information content (AvgIpc) is 3.39. The van der Waals surface area contributed by atoms with E-state index in [4.69, 9.17) is 25.9 Å². The first-order chi connectivity index (χ1) is 19.2. The molecule has 2 aromatic carbocycles. The van der Waals surface area contributed by atoms with E-state index < -0.39 is 42.1 Å². The van der Waals surface area contributed by atoms with Crippen molar-refractivity contribution in [1.82, 2.24) is 10.6 Å². The van der Waals surface area contributed by atoms with Crippen LogP contribution in [0.25, 0.3) is 0 Å². The molecule has 0 spiro atoms. The number of rotatable bonds is 10. The highest BCUT2D eigenvalue weighted by Crippen LogP contribution is 2.19. The highest BCUT2D eigenvalue weighted by Gasteiger charge is 2.38. The Kier molecular flexibility index (Phi) is 11.4. The number of nitrogen functional groups attached to an aromatic ring is 1. The molecule has 0 bridgehead atoms. The number of amidine groups is 1. The molecule has 41 heavy (non-hydrogen) atoms. The van der Waals surface area contributed by atoms with Crippen molar-refractivity contribution in [3.05, 3.63) is 70.8 Å². The summed E-state index contributed by atoms with van der Waals surface area (Å²) in [5.41, 5.74) is 8.92. The molecule has 0 fully saturated rings. The Hall–Kier alpha value is -4.95. The molecule has 1 heterocycles. The van der Waals surface area contributed by atoms with Gasteiger partial charge in [0.15, 0.2) is 0 Å². The van der Waals surface area contributed by atoms with Gasteiger partial charge in [0.05, 0.1) is 12.1 Å². The number of halogens is 3. The molecule has 7 N–H and O–H groups in total. The molecule has 12 nitrogen and oxygen atoms in total. The van der Waals surface area contributed by atoms with Crippen LogP contribution in [0, 0.1) is 5.41 Å². The van der Waals surface area contributed by atoms with Crippen molar-refractivity contribution in [2.45, 2.75) is 44.5 Å². The largest absolute Gasteiger partial charge is 0.490 e. The molecular formula is C26H28F3N5O7. The SMILES string of the molecule is CCc1ccc(C(=O)N[C@@H](CNC(=O)CC2CC(c3ccc(C(=N)N)cc3)=NO2)C(=O)O)cc1.O=C(O)C(F)(F)F. The van der Waals surface area contributed by atoms with E-state index in [-0.39, 0.29) is 18.8 Å². The van der Waals surface area contributed by atoms with E-state index in [1.54, 1.807) is 36.4 Å². The highest BCUT2D eigenvalue weighted by atomic mass is 19.4. The number of benzene rings is 2. The normalized spacial score (nSPS) is 14.8. The van der Waals surface area contributed by atoms with Crippen molar-refractivity contribution >= 4 is 35.3 Å². The first-order valence-electron chi connectivity index (χ1n) is 12.1. The second kappa shape index (κ2) is 14.4. The minimum Gasteiger partial charge on any atom is -0.480 e. The number of oxime groups is 1. The van der Waals surface area contributed by atoms with Crippen LogP contribution < -0.4 is 16.4 Å². The van der Waals surface area contributed by atoms with Gasteiger partial charge in [-0.2, -0.15) is 13.2 Å². The number of alkyl halides is 3. The Bertz CT molecular complexity index is 1300. The minimum absolute atomic E-state index is 0.0166. The van der Waals surface area contributed by atoms with Crippen molar-refractivity contribution in [3.8, 4) is 0 Å². The lowest BCUT2D eigenvalue weighted by atomic mass is 10.0. The summed E-state index contributed by atoms with van der Waals surface area (Å²) in [5, 5.41) is 33.0. The predicted molar refractivity (Wildman–Crippen MR) is 140 cm³/mol. The lowest BCUT2D eigenvalue weighted by Crippen LogP contribution is -2.48. The van der Waals surface area contributed by atoms with Gasteiger partial charge in [0.2, 0.25) is 5.91 Å². The molecule has 0 saturated heterocycles. The summed E-state index contributed by atoms with van der Waals surface area (Å²) in [4.78, 5) is 50.5. The molecule has 0 radical (unpaired) electrons. The van der Waals surface area contributed by atoms with Crippen LogP contribution in [0.1, 0.15) is 46.8 Å². The van der Waals surface area contributed by atoms with E-state index >= 15 is 0 Å². The fourth-order valence-corrected chi connectivity index (χ4v) is 3.38. The number of amides is 2. The van der Waals surface area contributed by atoms with Crippen molar-refractivity contribution in [2.75, 3.05) is 6.54 Å². The third-order valence-electron chi connectivity index (χ3n) is 5.65. The van der Waals surface area contributed by atoms with E-state index in [1.165, 1.54) is 0 Å². The number of nitrogens with two attached hydrogens (primary N) is 1. The van der Waals surface area contributed by atoms with Gasteiger partial charge in [-0.05, 0) is 29.7 Å². The molecule has 1 aliphatic heterocycles. The Labute approximate surface area is 231 Å². The Morgan fingerprint density at radius 1 is 1.07 bits per heavy atom. The third-order valence-corrected chi connectivity index (χ3v) is 5.65. The Morgan fingerprint density at radius 3 is 2.12 bits per heavy atom. The molecule has 2 atom stereocenters. The van der Waals surface area contributed by atoms with Gasteiger partial charge in [-0.1, -0.05) is 48.5 Å². The summed E-state index contributed by atoms with van der Waals surface area (Å²) in [6, 6.07) is 12.6. The highest BCUT2D eigenvalue weighted by molar-refractivity contribution is 6.03. The number of hydrogen-bond acceptors (Lipinski definition) is 7. The number of carbonyl (C=O) groups is 4. The number of aryl methyl sites for hydroxylation is 1. The van der Waals surface area contributed by atoms with E-state index in [1.807, 2.05) is 19.1 Å². The summed E-state index contributed by atoms with van der Waals surface area (Å²) in [5.74, 6) is -4.99. The van der Waals surface area contributed by atoms with Gasteiger partial charge < -0.3 is 31.4 Å². The fourth-order valence-electron chi connectivity index (χ4n) is 3.38. The lowest BCUT2D eigenvalue weighted by Gasteiger charge is -2.16. The van der Waals surface area contributed by atoms with E-state index in [0.717, 1.165) is 17.5 Å². The number of carbonyl (C=O) groups excluding carboxylic acids is 2. The molecule has 0 aromatic heterocycles. The average molecular weight is 580 g/mol. The summed E-state index contributed by atoms with van der Waals surface area (Å²) < 4.78 is 31.7.